The number of halogens is 1. The maximum atomic E-state index is 12.6. The molecule has 1 amide bonds. The Labute approximate surface area is 195 Å². The quantitative estimate of drug-likeness (QED) is 0.560. The van der Waals surface area contributed by atoms with Crippen LogP contribution < -0.4 is 9.90 Å². The Morgan fingerprint density at radius 3 is 2.42 bits per heavy atom. The van der Waals surface area contributed by atoms with Gasteiger partial charge in [0.2, 0.25) is 5.91 Å². The zero-order chi connectivity index (χ0) is 23.6. The first-order chi connectivity index (χ1) is 15.8. The number of nitroso groups, excluding NO2 is 1. The standard InChI is InChI=1S/C23H19ClN4O4S/c1-15(29)28-23(17-3-2-4-20(13-17)26-30)14-22(25-28)16-5-9-19(10-6-16)27-33(31,32)21-11-7-18(24)8-12-21/h2-13,23,27H,14H2,1H3/p+1. The molecule has 168 valence electrons. The lowest BCUT2D eigenvalue weighted by Gasteiger charge is -2.20. The van der Waals surface area contributed by atoms with Crippen molar-refractivity contribution >= 4 is 44.6 Å². The molecule has 0 saturated heterocycles. The molecular weight excluding hydrogens is 464 g/mol. The molecule has 0 bridgehead atoms. The molecule has 3 aromatic carbocycles. The summed E-state index contributed by atoms with van der Waals surface area (Å²) >= 11 is 5.83. The van der Waals surface area contributed by atoms with Crippen LogP contribution in [-0.4, -0.2) is 25.0 Å². The van der Waals surface area contributed by atoms with Gasteiger partial charge in [0.1, 0.15) is 0 Å². The molecule has 0 radical (unpaired) electrons. The lowest BCUT2D eigenvalue weighted by atomic mass is 9.98. The van der Waals surface area contributed by atoms with E-state index in [1.54, 1.807) is 42.5 Å². The normalized spacial score (nSPS) is 15.8. The number of rotatable bonds is 6. The zero-order valence-corrected chi connectivity index (χ0v) is 19.1. The Morgan fingerprint density at radius 2 is 1.79 bits per heavy atom. The van der Waals surface area contributed by atoms with E-state index in [0.29, 0.717) is 28.5 Å². The van der Waals surface area contributed by atoms with E-state index in [0.717, 1.165) is 11.1 Å². The second-order valence-electron chi connectivity index (χ2n) is 7.49. The number of carbonyl (C=O) groups excluding carboxylic acids is 1. The largest absolute Gasteiger partial charge is 0.280 e. The number of anilines is 1. The van der Waals surface area contributed by atoms with Gasteiger partial charge in [-0.05, 0) is 47.5 Å². The van der Waals surface area contributed by atoms with E-state index in [9.17, 15) is 18.1 Å². The maximum absolute atomic E-state index is 12.6. The van der Waals surface area contributed by atoms with E-state index in [1.807, 2.05) is 11.2 Å². The summed E-state index contributed by atoms with van der Waals surface area (Å²) in [7, 11) is -3.76. The summed E-state index contributed by atoms with van der Waals surface area (Å²) in [6, 6.07) is 19.2. The molecule has 0 fully saturated rings. The molecular formula is C23H20ClN4O4S+. The second-order valence-corrected chi connectivity index (χ2v) is 9.61. The summed E-state index contributed by atoms with van der Waals surface area (Å²) in [5.74, 6) is -0.220. The van der Waals surface area contributed by atoms with Crippen LogP contribution in [0.2, 0.25) is 5.02 Å². The molecule has 8 nitrogen and oxygen atoms in total. The summed E-state index contributed by atoms with van der Waals surface area (Å²) in [5.41, 5.74) is 3.03. The van der Waals surface area contributed by atoms with Gasteiger partial charge in [-0.25, -0.2) is 13.4 Å². The Hall–Kier alpha value is -3.56. The molecule has 1 unspecified atom stereocenters. The molecule has 0 saturated carbocycles. The Kier molecular flexibility index (Phi) is 6.26. The molecule has 1 aliphatic heterocycles. The van der Waals surface area contributed by atoms with Gasteiger partial charge in [-0.3, -0.25) is 9.52 Å². The van der Waals surface area contributed by atoms with Crippen LogP contribution >= 0.6 is 11.6 Å². The molecule has 33 heavy (non-hydrogen) atoms. The van der Waals surface area contributed by atoms with Gasteiger partial charge in [0.25, 0.3) is 15.7 Å². The number of hydrogen-bond donors (Lipinski definition) is 2. The lowest BCUT2D eigenvalue weighted by Crippen LogP contribution is -2.55. The Bertz CT molecular complexity index is 1340. The van der Waals surface area contributed by atoms with Crippen LogP contribution in [0.1, 0.15) is 30.5 Å². The predicted molar refractivity (Wildman–Crippen MR) is 126 cm³/mol. The average molecular weight is 484 g/mol. The first-order valence-corrected chi connectivity index (χ1v) is 11.9. The van der Waals surface area contributed by atoms with Crippen LogP contribution in [0.15, 0.2) is 82.8 Å². The topological polar surface area (TPSA) is 110 Å². The van der Waals surface area contributed by atoms with Crippen LogP contribution in [-0.2, 0) is 14.8 Å². The molecule has 10 heteroatoms. The predicted octanol–water partition coefficient (Wildman–Crippen LogP) is 3.32. The van der Waals surface area contributed by atoms with E-state index in [1.165, 1.54) is 36.2 Å². The lowest BCUT2D eigenvalue weighted by molar-refractivity contribution is -0.379. The number of hydrogen-bond acceptors (Lipinski definition) is 5. The number of sulfonamides is 1. The third-order valence-corrected chi connectivity index (χ3v) is 6.87. The van der Waals surface area contributed by atoms with Crippen molar-refractivity contribution in [1.29, 1.82) is 0 Å². The highest BCUT2D eigenvalue weighted by atomic mass is 35.5. The van der Waals surface area contributed by atoms with Crippen molar-refractivity contribution in [3.8, 4) is 0 Å². The fourth-order valence-corrected chi connectivity index (χ4v) is 4.79. The van der Waals surface area contributed by atoms with Crippen LogP contribution in [0.3, 0.4) is 0 Å². The van der Waals surface area contributed by atoms with Gasteiger partial charge < -0.3 is 0 Å². The van der Waals surface area contributed by atoms with Crippen molar-refractivity contribution in [2.45, 2.75) is 24.3 Å². The number of benzene rings is 3. The van der Waals surface area contributed by atoms with Gasteiger partial charge in [0.05, 0.1) is 16.6 Å². The van der Waals surface area contributed by atoms with Crippen molar-refractivity contribution in [1.82, 2.24) is 5.01 Å². The van der Waals surface area contributed by atoms with E-state index in [2.05, 4.69) is 9.82 Å². The molecule has 0 spiro atoms. The van der Waals surface area contributed by atoms with E-state index in [4.69, 9.17) is 11.6 Å². The summed E-state index contributed by atoms with van der Waals surface area (Å²) in [6.07, 6.45) is 0.456. The second kappa shape index (κ2) is 9.13. The summed E-state index contributed by atoms with van der Waals surface area (Å²) < 4.78 is 27.7. The smallest absolute Gasteiger partial charge is 0.261 e. The fraction of sp³-hybridized carbons (Fsp3) is 0.130. The van der Waals surface area contributed by atoms with Crippen molar-refractivity contribution in [3.63, 3.8) is 0 Å². The van der Waals surface area contributed by atoms with Gasteiger partial charge in [-0.15, -0.1) is 0 Å². The first kappa shape index (κ1) is 22.6. The third-order valence-electron chi connectivity index (χ3n) is 5.22. The van der Waals surface area contributed by atoms with Gasteiger partial charge in [0, 0.05) is 46.3 Å². The highest BCUT2D eigenvalue weighted by Crippen LogP contribution is 2.33. The van der Waals surface area contributed by atoms with E-state index >= 15 is 0 Å². The molecule has 1 aliphatic rings. The monoisotopic (exact) mass is 483 g/mol. The van der Waals surface area contributed by atoms with Gasteiger partial charge >= 0.3 is 0 Å². The Morgan fingerprint density at radius 1 is 1.09 bits per heavy atom. The highest BCUT2D eigenvalue weighted by Gasteiger charge is 2.32. The SMILES string of the molecule is CC(=O)N1N=C(c2ccc(NS(=O)(=O)c3ccc(Cl)cc3)cc2)CC1c1cccc([NH+]=O)c1. The number of nitrogens with one attached hydrogen (secondary N) is 2. The van der Waals surface area contributed by atoms with Crippen LogP contribution in [0.5, 0.6) is 0 Å². The fourth-order valence-electron chi connectivity index (χ4n) is 3.60. The number of hydrazone groups is 1. The van der Waals surface area contributed by atoms with E-state index in [-0.39, 0.29) is 16.8 Å². The van der Waals surface area contributed by atoms with Crippen molar-refractivity contribution < 1.29 is 18.4 Å². The summed E-state index contributed by atoms with van der Waals surface area (Å²) in [5, 5.41) is 8.19. The maximum Gasteiger partial charge on any atom is 0.261 e. The molecule has 1 atom stereocenters. The minimum absolute atomic E-state index is 0.103. The molecule has 0 aliphatic carbocycles. The third kappa shape index (κ3) is 4.94. The van der Waals surface area contributed by atoms with Crippen molar-refractivity contribution in [3.05, 3.63) is 93.9 Å². The number of carbonyl (C=O) groups is 1. The number of amides is 1. The van der Waals surface area contributed by atoms with Crippen molar-refractivity contribution in [2.24, 2.45) is 5.10 Å². The van der Waals surface area contributed by atoms with Gasteiger partial charge in [0.15, 0.2) is 0 Å². The summed E-state index contributed by atoms with van der Waals surface area (Å²) in [6.45, 7) is 1.43. The average Bonchev–Trinajstić information content (AvgIpc) is 3.26. The molecule has 1 heterocycles. The van der Waals surface area contributed by atoms with Crippen LogP contribution in [0.25, 0.3) is 0 Å². The van der Waals surface area contributed by atoms with Crippen LogP contribution in [0.4, 0.5) is 11.4 Å². The van der Waals surface area contributed by atoms with Crippen LogP contribution in [0, 0.1) is 4.91 Å². The van der Waals surface area contributed by atoms with E-state index < -0.39 is 10.0 Å². The molecule has 2 N–H and O–H groups in total. The van der Waals surface area contributed by atoms with Crippen molar-refractivity contribution in [2.75, 3.05) is 4.72 Å². The molecule has 4 rings (SSSR count). The van der Waals surface area contributed by atoms with Gasteiger partial charge in [-0.1, -0.05) is 35.9 Å². The molecule has 3 aromatic rings. The molecule has 0 aromatic heterocycles. The minimum Gasteiger partial charge on any atom is -0.280 e. The zero-order valence-electron chi connectivity index (χ0n) is 17.5. The first-order valence-electron chi connectivity index (χ1n) is 10.0. The Balaban J connectivity index is 1.54. The minimum atomic E-state index is -3.76. The van der Waals surface area contributed by atoms with Gasteiger partial charge in [-0.2, -0.15) is 5.10 Å². The summed E-state index contributed by atoms with van der Waals surface area (Å²) in [4.78, 5) is 23.3. The number of nitrogens with zero attached hydrogens (tertiary/aromatic N) is 2. The highest BCUT2D eigenvalue weighted by molar-refractivity contribution is 7.92.